The van der Waals surface area contributed by atoms with Gasteiger partial charge in [-0.1, -0.05) is 12.1 Å². The molecule has 0 aliphatic carbocycles. The molecule has 2 N–H and O–H groups in total. The third kappa shape index (κ3) is 2.02. The van der Waals surface area contributed by atoms with Crippen LogP contribution in [0.5, 0.6) is 0 Å². The van der Waals surface area contributed by atoms with Gasteiger partial charge in [0.1, 0.15) is 0 Å². The zero-order valence-corrected chi connectivity index (χ0v) is 9.64. The number of hydrogen-bond acceptors (Lipinski definition) is 3. The fraction of sp³-hybridized carbons (Fsp3) is 0.417. The Bertz CT molecular complexity index is 476. The minimum absolute atomic E-state index is 0.370. The maximum absolute atomic E-state index is 9.25. The van der Waals surface area contributed by atoms with E-state index in [-0.39, 0.29) is 6.10 Å². The van der Waals surface area contributed by atoms with Gasteiger partial charge in [-0.25, -0.2) is 4.98 Å². The van der Waals surface area contributed by atoms with Crippen LogP contribution in [0.3, 0.4) is 0 Å². The molecule has 0 radical (unpaired) electrons. The number of aryl methyl sites for hydroxylation is 1. The number of para-hydroxylation sites is 2. The summed E-state index contributed by atoms with van der Waals surface area (Å²) < 4.78 is 2.11. The number of imidazole rings is 1. The summed E-state index contributed by atoms with van der Waals surface area (Å²) >= 11 is 0. The molecule has 0 saturated heterocycles. The van der Waals surface area contributed by atoms with Gasteiger partial charge in [0.05, 0.1) is 17.1 Å². The smallest absolute Gasteiger partial charge is 0.203 e. The van der Waals surface area contributed by atoms with Gasteiger partial charge >= 0.3 is 0 Å². The quantitative estimate of drug-likeness (QED) is 0.825. The van der Waals surface area contributed by atoms with Gasteiger partial charge in [-0.05, 0) is 26.0 Å². The first-order valence-electron chi connectivity index (χ1n) is 5.59. The molecule has 0 aliphatic rings. The summed E-state index contributed by atoms with van der Waals surface area (Å²) in [5, 5.41) is 12.4. The van der Waals surface area contributed by atoms with Crippen LogP contribution in [-0.2, 0) is 6.54 Å². The number of fused-ring (bicyclic) bond motifs is 1. The van der Waals surface area contributed by atoms with E-state index in [1.54, 1.807) is 6.92 Å². The monoisotopic (exact) mass is 219 g/mol. The lowest BCUT2D eigenvalue weighted by atomic mass is 10.3. The number of nitrogens with zero attached hydrogens (tertiary/aromatic N) is 2. The van der Waals surface area contributed by atoms with Crippen molar-refractivity contribution in [2.75, 3.05) is 11.9 Å². The molecule has 1 aromatic carbocycles. The lowest BCUT2D eigenvalue weighted by molar-refractivity contribution is 0.208. The normalized spacial score (nSPS) is 12.9. The van der Waals surface area contributed by atoms with Crippen LogP contribution in [0, 0.1) is 0 Å². The van der Waals surface area contributed by atoms with Gasteiger partial charge in [-0.15, -0.1) is 0 Å². The highest BCUT2D eigenvalue weighted by atomic mass is 16.3. The minimum atomic E-state index is -0.370. The summed E-state index contributed by atoms with van der Waals surface area (Å²) in [5.41, 5.74) is 2.11. The summed E-state index contributed by atoms with van der Waals surface area (Å²) in [6, 6.07) is 8.04. The Morgan fingerprint density at radius 3 is 2.88 bits per heavy atom. The van der Waals surface area contributed by atoms with Gasteiger partial charge in [0, 0.05) is 13.1 Å². The molecular formula is C12H17N3O. The molecule has 1 unspecified atom stereocenters. The third-order valence-electron chi connectivity index (χ3n) is 2.53. The molecule has 0 amide bonds. The van der Waals surface area contributed by atoms with Crippen molar-refractivity contribution in [2.24, 2.45) is 0 Å². The average Bonchev–Trinajstić information content (AvgIpc) is 2.63. The lowest BCUT2D eigenvalue weighted by Crippen LogP contribution is -2.17. The Morgan fingerprint density at radius 2 is 2.19 bits per heavy atom. The van der Waals surface area contributed by atoms with Gasteiger partial charge in [0.2, 0.25) is 5.95 Å². The predicted molar refractivity (Wildman–Crippen MR) is 65.6 cm³/mol. The Morgan fingerprint density at radius 1 is 1.44 bits per heavy atom. The fourth-order valence-electron chi connectivity index (χ4n) is 1.77. The maximum atomic E-state index is 9.25. The first-order chi connectivity index (χ1) is 7.72. The molecule has 1 aromatic heterocycles. The zero-order valence-electron chi connectivity index (χ0n) is 9.64. The number of aromatic nitrogens is 2. The highest BCUT2D eigenvalue weighted by molar-refractivity contribution is 5.78. The molecule has 0 spiro atoms. The first kappa shape index (κ1) is 11.0. The Hall–Kier alpha value is -1.55. The molecule has 1 heterocycles. The molecule has 4 heteroatoms. The van der Waals surface area contributed by atoms with E-state index in [4.69, 9.17) is 0 Å². The average molecular weight is 219 g/mol. The van der Waals surface area contributed by atoms with Crippen molar-refractivity contribution >= 4 is 17.0 Å². The van der Waals surface area contributed by atoms with Crippen LogP contribution in [0.1, 0.15) is 13.8 Å². The Kier molecular flexibility index (Phi) is 3.10. The van der Waals surface area contributed by atoms with Gasteiger partial charge in [0.15, 0.2) is 0 Å². The summed E-state index contributed by atoms with van der Waals surface area (Å²) in [6.07, 6.45) is -0.370. The standard InChI is InChI=1S/C12H17N3O/c1-3-15-11-7-5-4-6-10(11)14-12(15)13-8-9(2)16/h4-7,9,16H,3,8H2,1-2H3,(H,13,14). The molecule has 2 rings (SSSR count). The molecule has 2 aromatic rings. The van der Waals surface area contributed by atoms with Crippen molar-refractivity contribution in [2.45, 2.75) is 26.5 Å². The van der Waals surface area contributed by atoms with Crippen LogP contribution in [-0.4, -0.2) is 27.3 Å². The van der Waals surface area contributed by atoms with E-state index in [0.29, 0.717) is 6.54 Å². The number of hydrogen-bond donors (Lipinski definition) is 2. The summed E-state index contributed by atoms with van der Waals surface area (Å²) in [7, 11) is 0. The third-order valence-corrected chi connectivity index (χ3v) is 2.53. The number of aliphatic hydroxyl groups excluding tert-OH is 1. The van der Waals surface area contributed by atoms with E-state index < -0.39 is 0 Å². The van der Waals surface area contributed by atoms with Crippen molar-refractivity contribution in [3.63, 3.8) is 0 Å². The Labute approximate surface area is 94.9 Å². The highest BCUT2D eigenvalue weighted by Gasteiger charge is 2.08. The van der Waals surface area contributed by atoms with Crippen LogP contribution in [0.4, 0.5) is 5.95 Å². The maximum Gasteiger partial charge on any atom is 0.203 e. The molecule has 1 atom stereocenters. The Balaban J connectivity index is 2.36. The van der Waals surface area contributed by atoms with E-state index in [1.807, 2.05) is 18.2 Å². The highest BCUT2D eigenvalue weighted by Crippen LogP contribution is 2.18. The molecule has 0 bridgehead atoms. The lowest BCUT2D eigenvalue weighted by Gasteiger charge is -2.09. The number of nitrogens with one attached hydrogen (secondary N) is 1. The van der Waals surface area contributed by atoms with Crippen LogP contribution < -0.4 is 5.32 Å². The van der Waals surface area contributed by atoms with E-state index in [9.17, 15) is 5.11 Å². The van der Waals surface area contributed by atoms with Gasteiger partial charge < -0.3 is 15.0 Å². The zero-order chi connectivity index (χ0) is 11.5. The molecular weight excluding hydrogens is 202 g/mol. The summed E-state index contributed by atoms with van der Waals surface area (Å²) in [6.45, 7) is 5.22. The number of benzene rings is 1. The van der Waals surface area contributed by atoms with Crippen molar-refractivity contribution < 1.29 is 5.11 Å². The van der Waals surface area contributed by atoms with Crippen molar-refractivity contribution in [1.82, 2.24) is 9.55 Å². The second kappa shape index (κ2) is 4.53. The van der Waals surface area contributed by atoms with E-state index in [1.165, 1.54) is 0 Å². The van der Waals surface area contributed by atoms with Crippen LogP contribution in [0.2, 0.25) is 0 Å². The number of rotatable bonds is 4. The van der Waals surface area contributed by atoms with Crippen LogP contribution in [0.15, 0.2) is 24.3 Å². The molecule has 86 valence electrons. The second-order valence-electron chi connectivity index (χ2n) is 3.90. The topological polar surface area (TPSA) is 50.1 Å². The predicted octanol–water partition coefficient (Wildman–Crippen LogP) is 1.85. The summed E-state index contributed by atoms with van der Waals surface area (Å²) in [4.78, 5) is 4.50. The van der Waals surface area contributed by atoms with Crippen molar-refractivity contribution in [3.05, 3.63) is 24.3 Å². The van der Waals surface area contributed by atoms with E-state index in [0.717, 1.165) is 23.5 Å². The first-order valence-corrected chi connectivity index (χ1v) is 5.59. The molecule has 4 nitrogen and oxygen atoms in total. The number of anilines is 1. The van der Waals surface area contributed by atoms with Gasteiger partial charge in [-0.3, -0.25) is 0 Å². The summed E-state index contributed by atoms with van der Waals surface area (Å²) in [5.74, 6) is 0.824. The van der Waals surface area contributed by atoms with Crippen molar-refractivity contribution in [1.29, 1.82) is 0 Å². The number of aliphatic hydroxyl groups is 1. The molecule has 0 saturated carbocycles. The molecule has 0 fully saturated rings. The van der Waals surface area contributed by atoms with Crippen molar-refractivity contribution in [3.8, 4) is 0 Å². The van der Waals surface area contributed by atoms with Crippen LogP contribution >= 0.6 is 0 Å². The second-order valence-corrected chi connectivity index (χ2v) is 3.90. The van der Waals surface area contributed by atoms with Crippen LogP contribution in [0.25, 0.3) is 11.0 Å². The van der Waals surface area contributed by atoms with E-state index in [2.05, 4.69) is 27.9 Å². The molecule has 0 aliphatic heterocycles. The van der Waals surface area contributed by atoms with E-state index >= 15 is 0 Å². The fourth-order valence-corrected chi connectivity index (χ4v) is 1.77. The minimum Gasteiger partial charge on any atom is -0.392 e. The molecule has 16 heavy (non-hydrogen) atoms. The largest absolute Gasteiger partial charge is 0.392 e. The SMILES string of the molecule is CCn1c(NCC(C)O)nc2ccccc21. The van der Waals surface area contributed by atoms with Gasteiger partial charge in [-0.2, -0.15) is 0 Å². The van der Waals surface area contributed by atoms with Gasteiger partial charge in [0.25, 0.3) is 0 Å².